The molecule has 7 nitrogen and oxygen atoms in total. The first kappa shape index (κ1) is 24.2. The van der Waals surface area contributed by atoms with Crippen LogP contribution in [0.4, 0.5) is 18.9 Å². The first-order valence-electron chi connectivity index (χ1n) is 8.96. The van der Waals surface area contributed by atoms with Crippen molar-refractivity contribution in [3.63, 3.8) is 0 Å². The predicted molar refractivity (Wildman–Crippen MR) is 116 cm³/mol. The van der Waals surface area contributed by atoms with Crippen LogP contribution in [0.3, 0.4) is 0 Å². The molecule has 0 atom stereocenters. The minimum Gasteiger partial charge on any atom is -0.280 e. The van der Waals surface area contributed by atoms with Crippen LogP contribution in [0.25, 0.3) is 10.4 Å². The average molecular weight is 506 g/mol. The zero-order chi connectivity index (χ0) is 23.8. The molecule has 13 heteroatoms. The van der Waals surface area contributed by atoms with E-state index in [0.29, 0.717) is 16.1 Å². The number of benzene rings is 2. The molecule has 172 valence electrons. The summed E-state index contributed by atoms with van der Waals surface area (Å²) in [7, 11) is -9.31. The highest BCUT2D eigenvalue weighted by molar-refractivity contribution is 7.92. The predicted octanol–water partition coefficient (Wildman–Crippen LogP) is 4.29. The standard InChI is InChI=1S/C19H18F3N3O4S3/c1-18(2,25-32(28,29)19(20,21)22)17-23-12-16(30-17)13-8-10-14(11-9-13)24-31(26,27)15-6-4-3-5-7-15/h3-12,24-25H,1-2H3. The number of nitrogens with zero attached hydrogens (tertiary/aromatic N) is 1. The molecule has 0 amide bonds. The largest absolute Gasteiger partial charge is 0.511 e. The van der Waals surface area contributed by atoms with Gasteiger partial charge in [0.1, 0.15) is 5.01 Å². The minimum absolute atomic E-state index is 0.111. The number of aromatic nitrogens is 1. The molecule has 2 N–H and O–H groups in total. The summed E-state index contributed by atoms with van der Waals surface area (Å²) >= 11 is 1.02. The molecule has 0 bridgehead atoms. The van der Waals surface area contributed by atoms with E-state index in [0.717, 1.165) is 11.3 Å². The van der Waals surface area contributed by atoms with Crippen LogP contribution >= 0.6 is 11.3 Å². The molecule has 32 heavy (non-hydrogen) atoms. The fourth-order valence-corrected chi connectivity index (χ4v) is 5.66. The molecule has 0 radical (unpaired) electrons. The Morgan fingerprint density at radius 1 is 0.906 bits per heavy atom. The maximum atomic E-state index is 12.7. The lowest BCUT2D eigenvalue weighted by Crippen LogP contribution is -2.46. The molecule has 3 aromatic rings. The fraction of sp³-hybridized carbons (Fsp3) is 0.211. The summed E-state index contributed by atoms with van der Waals surface area (Å²) in [5.41, 5.74) is -6.08. The second-order valence-corrected chi connectivity index (χ2v) is 11.6. The van der Waals surface area contributed by atoms with Crippen LogP contribution in [-0.4, -0.2) is 27.3 Å². The summed E-state index contributed by atoms with van der Waals surface area (Å²) in [5.74, 6) is 0. The van der Waals surface area contributed by atoms with Crippen LogP contribution in [0.15, 0.2) is 65.7 Å². The molecule has 0 aliphatic rings. The Morgan fingerprint density at radius 3 is 2.06 bits per heavy atom. The van der Waals surface area contributed by atoms with Crippen LogP contribution in [-0.2, 0) is 25.6 Å². The van der Waals surface area contributed by atoms with Gasteiger partial charge in [-0.05, 0) is 43.7 Å². The van der Waals surface area contributed by atoms with Gasteiger partial charge in [-0.3, -0.25) is 4.72 Å². The maximum Gasteiger partial charge on any atom is 0.511 e. The molecule has 1 heterocycles. The molecule has 0 spiro atoms. The fourth-order valence-electron chi connectivity index (χ4n) is 2.65. The smallest absolute Gasteiger partial charge is 0.280 e. The third-order valence-corrected chi connectivity index (χ3v) is 8.37. The highest BCUT2D eigenvalue weighted by atomic mass is 32.2. The van der Waals surface area contributed by atoms with E-state index in [9.17, 15) is 30.0 Å². The van der Waals surface area contributed by atoms with E-state index in [4.69, 9.17) is 0 Å². The van der Waals surface area contributed by atoms with Crippen molar-refractivity contribution >= 4 is 37.1 Å². The van der Waals surface area contributed by atoms with E-state index in [1.54, 1.807) is 35.1 Å². The van der Waals surface area contributed by atoms with E-state index >= 15 is 0 Å². The van der Waals surface area contributed by atoms with E-state index in [-0.39, 0.29) is 9.90 Å². The van der Waals surface area contributed by atoms with Crippen LogP contribution in [0, 0.1) is 0 Å². The molecule has 0 saturated heterocycles. The molecule has 2 aromatic carbocycles. The third-order valence-electron chi connectivity index (χ3n) is 4.21. The summed E-state index contributed by atoms with van der Waals surface area (Å²) in [6, 6.07) is 14.1. The third kappa shape index (κ3) is 5.28. The highest BCUT2D eigenvalue weighted by Gasteiger charge is 2.49. The molecule has 0 aliphatic carbocycles. The van der Waals surface area contributed by atoms with Crippen molar-refractivity contribution in [3.05, 3.63) is 65.8 Å². The Hall–Kier alpha value is -2.48. The van der Waals surface area contributed by atoms with Crippen molar-refractivity contribution in [1.29, 1.82) is 0 Å². The maximum absolute atomic E-state index is 12.7. The molecule has 0 fully saturated rings. The van der Waals surface area contributed by atoms with Crippen molar-refractivity contribution in [3.8, 4) is 10.4 Å². The summed E-state index contributed by atoms with van der Waals surface area (Å²) in [4.78, 5) is 4.74. The molecule has 3 rings (SSSR count). The zero-order valence-electron chi connectivity index (χ0n) is 16.7. The molecule has 0 saturated carbocycles. The van der Waals surface area contributed by atoms with Gasteiger partial charge in [-0.1, -0.05) is 30.3 Å². The van der Waals surface area contributed by atoms with Gasteiger partial charge < -0.3 is 0 Å². The molecular formula is C19H18F3N3O4S3. The van der Waals surface area contributed by atoms with Crippen molar-refractivity contribution < 1.29 is 30.0 Å². The summed E-state index contributed by atoms with van der Waals surface area (Å²) in [6.45, 7) is 2.56. The van der Waals surface area contributed by atoms with E-state index in [2.05, 4.69) is 9.71 Å². The van der Waals surface area contributed by atoms with Gasteiger partial charge in [-0.15, -0.1) is 11.3 Å². The second kappa shape index (κ2) is 8.46. The van der Waals surface area contributed by atoms with Crippen molar-refractivity contribution in [1.82, 2.24) is 9.71 Å². The van der Waals surface area contributed by atoms with Gasteiger partial charge in [0, 0.05) is 11.9 Å². The number of thiazole rings is 1. The van der Waals surface area contributed by atoms with Crippen molar-refractivity contribution in [2.75, 3.05) is 4.72 Å². The number of alkyl halides is 3. The van der Waals surface area contributed by atoms with Gasteiger partial charge in [0.25, 0.3) is 10.0 Å². The normalized spacial score (nSPS) is 13.2. The van der Waals surface area contributed by atoms with Gasteiger partial charge in [0.15, 0.2) is 0 Å². The number of rotatable bonds is 7. The topological polar surface area (TPSA) is 105 Å². The van der Waals surface area contributed by atoms with Crippen molar-refractivity contribution in [2.45, 2.75) is 29.8 Å². The number of anilines is 1. The Kier molecular flexibility index (Phi) is 6.39. The second-order valence-electron chi connectivity index (χ2n) is 7.20. The first-order valence-corrected chi connectivity index (χ1v) is 12.7. The monoisotopic (exact) mass is 505 g/mol. The highest BCUT2D eigenvalue weighted by Crippen LogP contribution is 2.34. The molecule has 0 unspecified atom stereocenters. The van der Waals surface area contributed by atoms with Crippen LogP contribution in [0.2, 0.25) is 0 Å². The van der Waals surface area contributed by atoms with Crippen molar-refractivity contribution in [2.24, 2.45) is 0 Å². The lowest BCUT2D eigenvalue weighted by Gasteiger charge is -2.24. The SMILES string of the molecule is CC(C)(NS(=O)(=O)C(F)(F)F)c1ncc(-c2ccc(NS(=O)(=O)c3ccccc3)cc2)s1. The minimum atomic E-state index is -5.55. The molecule has 1 aromatic heterocycles. The zero-order valence-corrected chi connectivity index (χ0v) is 19.2. The average Bonchev–Trinajstić information content (AvgIpc) is 3.19. The van der Waals surface area contributed by atoms with Gasteiger partial charge in [0.05, 0.1) is 15.3 Å². The Morgan fingerprint density at radius 2 is 1.50 bits per heavy atom. The Labute approximate surface area is 187 Å². The number of sulfonamides is 2. The van der Waals surface area contributed by atoms with Crippen LogP contribution in [0.1, 0.15) is 18.9 Å². The molecule has 0 aliphatic heterocycles. The summed E-state index contributed by atoms with van der Waals surface area (Å²) in [6.07, 6.45) is 1.41. The quantitative estimate of drug-likeness (QED) is 0.499. The number of nitrogens with one attached hydrogen (secondary N) is 2. The summed E-state index contributed by atoms with van der Waals surface area (Å²) in [5, 5.41) is 0.134. The lowest BCUT2D eigenvalue weighted by atomic mass is 10.1. The summed E-state index contributed by atoms with van der Waals surface area (Å²) < 4.78 is 89.9. The Balaban J connectivity index is 1.78. The van der Waals surface area contributed by atoms with Gasteiger partial charge in [-0.25, -0.2) is 21.8 Å². The van der Waals surface area contributed by atoms with E-state index in [1.165, 1.54) is 44.3 Å². The van der Waals surface area contributed by atoms with E-state index < -0.39 is 31.1 Å². The van der Waals surface area contributed by atoms with Gasteiger partial charge >= 0.3 is 15.5 Å². The van der Waals surface area contributed by atoms with Crippen LogP contribution in [0.5, 0.6) is 0 Å². The Bertz CT molecular complexity index is 1300. The van der Waals surface area contributed by atoms with Gasteiger partial charge in [0.2, 0.25) is 0 Å². The number of halogens is 3. The lowest BCUT2D eigenvalue weighted by molar-refractivity contribution is -0.0455. The number of hydrogen-bond donors (Lipinski definition) is 2. The van der Waals surface area contributed by atoms with Crippen LogP contribution < -0.4 is 9.44 Å². The van der Waals surface area contributed by atoms with E-state index in [1.807, 2.05) is 0 Å². The molecular weight excluding hydrogens is 487 g/mol. The van der Waals surface area contributed by atoms with Gasteiger partial charge in [-0.2, -0.15) is 17.9 Å². The first-order chi connectivity index (χ1) is 14.7. The number of hydrogen-bond acceptors (Lipinski definition) is 6.